The van der Waals surface area contributed by atoms with Crippen molar-refractivity contribution >= 4 is 0 Å². The van der Waals surface area contributed by atoms with E-state index in [-0.39, 0.29) is 0 Å². The van der Waals surface area contributed by atoms with Gasteiger partial charge in [0, 0.05) is 12.6 Å². The van der Waals surface area contributed by atoms with Gasteiger partial charge in [-0.1, -0.05) is 33.1 Å². The van der Waals surface area contributed by atoms with Crippen molar-refractivity contribution in [1.82, 2.24) is 10.2 Å². The maximum atomic E-state index is 3.45. The van der Waals surface area contributed by atoms with Crippen LogP contribution in [0.5, 0.6) is 0 Å². The summed E-state index contributed by atoms with van der Waals surface area (Å²) in [7, 11) is 0. The van der Waals surface area contributed by atoms with Gasteiger partial charge in [-0.3, -0.25) is 4.90 Å². The Morgan fingerprint density at radius 3 is 2.64 bits per heavy atom. The molecule has 1 rings (SSSR count). The number of hydrogen-bond donors (Lipinski definition) is 1. The van der Waals surface area contributed by atoms with E-state index in [2.05, 4.69) is 24.1 Å². The summed E-state index contributed by atoms with van der Waals surface area (Å²) in [6.45, 7) is 9.52. The van der Waals surface area contributed by atoms with Crippen LogP contribution in [0, 0.1) is 0 Å². The lowest BCUT2D eigenvalue weighted by atomic mass is 10.1. The van der Waals surface area contributed by atoms with Crippen LogP contribution >= 0.6 is 0 Å². The van der Waals surface area contributed by atoms with Crippen molar-refractivity contribution in [3.63, 3.8) is 0 Å². The average Bonchev–Trinajstić information content (AvgIpc) is 2.71. The average molecular weight is 198 g/mol. The summed E-state index contributed by atoms with van der Waals surface area (Å²) >= 11 is 0. The van der Waals surface area contributed by atoms with Gasteiger partial charge in [0.15, 0.2) is 0 Å². The molecule has 0 radical (unpaired) electrons. The Morgan fingerprint density at radius 1 is 1.21 bits per heavy atom. The Morgan fingerprint density at radius 2 is 2.07 bits per heavy atom. The lowest BCUT2D eigenvalue weighted by Crippen LogP contribution is -2.37. The Kier molecular flexibility index (Phi) is 6.20. The molecule has 84 valence electrons. The number of unbranched alkanes of at least 4 members (excludes halogenated alkanes) is 3. The normalized spacial score (nSPS) is 22.1. The highest BCUT2D eigenvalue weighted by atomic mass is 15.2. The third-order valence-corrected chi connectivity index (χ3v) is 3.26. The Bertz CT molecular complexity index is 130. The SMILES string of the molecule is CCCCCCN(CC)C1CCNC1. The third kappa shape index (κ3) is 3.97. The minimum atomic E-state index is 0.821. The second-order valence-corrected chi connectivity index (χ2v) is 4.34. The zero-order valence-electron chi connectivity index (χ0n) is 9.89. The topological polar surface area (TPSA) is 15.3 Å². The van der Waals surface area contributed by atoms with Gasteiger partial charge >= 0.3 is 0 Å². The lowest BCUT2D eigenvalue weighted by Gasteiger charge is -2.26. The van der Waals surface area contributed by atoms with Crippen LogP contribution in [0.4, 0.5) is 0 Å². The molecular formula is C12H26N2. The fraction of sp³-hybridized carbons (Fsp3) is 1.00. The van der Waals surface area contributed by atoms with Gasteiger partial charge < -0.3 is 5.32 Å². The summed E-state index contributed by atoms with van der Waals surface area (Å²) in [5.41, 5.74) is 0. The molecule has 1 N–H and O–H groups in total. The summed E-state index contributed by atoms with van der Waals surface area (Å²) < 4.78 is 0. The predicted molar refractivity (Wildman–Crippen MR) is 62.7 cm³/mol. The van der Waals surface area contributed by atoms with Crippen molar-refractivity contribution in [1.29, 1.82) is 0 Å². The largest absolute Gasteiger partial charge is 0.315 e. The molecule has 0 amide bonds. The maximum absolute atomic E-state index is 3.45. The predicted octanol–water partition coefficient (Wildman–Crippen LogP) is 2.25. The van der Waals surface area contributed by atoms with Crippen LogP contribution in [-0.4, -0.2) is 37.1 Å². The number of rotatable bonds is 7. The zero-order valence-corrected chi connectivity index (χ0v) is 9.89. The molecule has 0 aliphatic carbocycles. The first-order valence-corrected chi connectivity index (χ1v) is 6.33. The third-order valence-electron chi connectivity index (χ3n) is 3.26. The van der Waals surface area contributed by atoms with E-state index < -0.39 is 0 Å². The number of nitrogens with zero attached hydrogens (tertiary/aromatic N) is 1. The fourth-order valence-corrected chi connectivity index (χ4v) is 2.29. The van der Waals surface area contributed by atoms with Gasteiger partial charge in [-0.05, 0) is 32.5 Å². The quantitative estimate of drug-likeness (QED) is 0.631. The molecule has 1 aliphatic heterocycles. The van der Waals surface area contributed by atoms with Crippen molar-refractivity contribution in [2.24, 2.45) is 0 Å². The smallest absolute Gasteiger partial charge is 0.0232 e. The van der Waals surface area contributed by atoms with E-state index in [0.717, 1.165) is 6.04 Å². The first-order valence-electron chi connectivity index (χ1n) is 6.33. The van der Waals surface area contributed by atoms with Crippen molar-refractivity contribution in [3.05, 3.63) is 0 Å². The molecule has 2 heteroatoms. The van der Waals surface area contributed by atoms with Crippen molar-refractivity contribution in [2.45, 2.75) is 52.0 Å². The first-order chi connectivity index (χ1) is 6.88. The van der Waals surface area contributed by atoms with Gasteiger partial charge in [0.25, 0.3) is 0 Å². The molecule has 1 saturated heterocycles. The Labute approximate surface area is 89.1 Å². The highest BCUT2D eigenvalue weighted by Crippen LogP contribution is 2.10. The Balaban J connectivity index is 2.11. The van der Waals surface area contributed by atoms with Crippen molar-refractivity contribution in [2.75, 3.05) is 26.2 Å². The number of hydrogen-bond acceptors (Lipinski definition) is 2. The van der Waals surface area contributed by atoms with Crippen LogP contribution in [-0.2, 0) is 0 Å². The standard InChI is InChI=1S/C12H26N2/c1-3-5-6-7-10-14(4-2)12-8-9-13-11-12/h12-13H,3-11H2,1-2H3. The number of likely N-dealkylation sites (N-methyl/N-ethyl adjacent to an activating group) is 1. The van der Waals surface area contributed by atoms with Crippen LogP contribution < -0.4 is 5.32 Å². The molecular weight excluding hydrogens is 172 g/mol. The van der Waals surface area contributed by atoms with Crippen LogP contribution in [0.1, 0.15) is 46.0 Å². The van der Waals surface area contributed by atoms with Gasteiger partial charge in [-0.25, -0.2) is 0 Å². The highest BCUT2D eigenvalue weighted by molar-refractivity contribution is 4.79. The van der Waals surface area contributed by atoms with E-state index in [1.54, 1.807) is 0 Å². The Hall–Kier alpha value is -0.0800. The molecule has 1 heterocycles. The molecule has 1 unspecified atom stereocenters. The van der Waals surface area contributed by atoms with E-state index >= 15 is 0 Å². The lowest BCUT2D eigenvalue weighted by molar-refractivity contribution is 0.214. The highest BCUT2D eigenvalue weighted by Gasteiger charge is 2.19. The molecule has 14 heavy (non-hydrogen) atoms. The van der Waals surface area contributed by atoms with Crippen molar-refractivity contribution < 1.29 is 0 Å². The second kappa shape index (κ2) is 7.24. The van der Waals surface area contributed by atoms with E-state index in [1.165, 1.54) is 58.3 Å². The number of nitrogens with one attached hydrogen (secondary N) is 1. The molecule has 2 nitrogen and oxygen atoms in total. The van der Waals surface area contributed by atoms with E-state index in [9.17, 15) is 0 Å². The van der Waals surface area contributed by atoms with Gasteiger partial charge in [0.1, 0.15) is 0 Å². The van der Waals surface area contributed by atoms with Crippen molar-refractivity contribution in [3.8, 4) is 0 Å². The van der Waals surface area contributed by atoms with Gasteiger partial charge in [0.2, 0.25) is 0 Å². The van der Waals surface area contributed by atoms with Crippen LogP contribution in [0.15, 0.2) is 0 Å². The monoisotopic (exact) mass is 198 g/mol. The molecule has 0 aromatic rings. The molecule has 0 aromatic carbocycles. The second-order valence-electron chi connectivity index (χ2n) is 4.34. The summed E-state index contributed by atoms with van der Waals surface area (Å²) in [6.07, 6.45) is 6.89. The summed E-state index contributed by atoms with van der Waals surface area (Å²) in [5, 5.41) is 3.45. The minimum absolute atomic E-state index is 0.821. The summed E-state index contributed by atoms with van der Waals surface area (Å²) in [5.74, 6) is 0. The molecule has 0 saturated carbocycles. The zero-order chi connectivity index (χ0) is 10.2. The molecule has 1 aliphatic rings. The van der Waals surface area contributed by atoms with Crippen LogP contribution in [0.25, 0.3) is 0 Å². The first kappa shape index (κ1) is 12.0. The fourth-order valence-electron chi connectivity index (χ4n) is 2.29. The van der Waals surface area contributed by atoms with Gasteiger partial charge in [-0.15, -0.1) is 0 Å². The summed E-state index contributed by atoms with van der Waals surface area (Å²) in [4.78, 5) is 2.65. The maximum Gasteiger partial charge on any atom is 0.0232 e. The molecule has 0 bridgehead atoms. The molecule has 1 fully saturated rings. The minimum Gasteiger partial charge on any atom is -0.315 e. The molecule has 0 aromatic heterocycles. The molecule has 1 atom stereocenters. The van der Waals surface area contributed by atoms with Crippen LogP contribution in [0.2, 0.25) is 0 Å². The van der Waals surface area contributed by atoms with E-state index in [1.807, 2.05) is 0 Å². The van der Waals surface area contributed by atoms with E-state index in [0.29, 0.717) is 0 Å². The van der Waals surface area contributed by atoms with Gasteiger partial charge in [-0.2, -0.15) is 0 Å². The van der Waals surface area contributed by atoms with E-state index in [4.69, 9.17) is 0 Å². The summed E-state index contributed by atoms with van der Waals surface area (Å²) in [6, 6.07) is 0.821. The molecule has 0 spiro atoms. The van der Waals surface area contributed by atoms with Crippen LogP contribution in [0.3, 0.4) is 0 Å². The van der Waals surface area contributed by atoms with Gasteiger partial charge in [0.05, 0.1) is 0 Å².